The first-order valence-corrected chi connectivity index (χ1v) is 8.75. The van der Waals surface area contributed by atoms with E-state index in [1.165, 1.54) is 12.8 Å². The third kappa shape index (κ3) is 7.25. The number of ether oxygens (including phenoxy) is 1. The van der Waals surface area contributed by atoms with E-state index in [9.17, 15) is 9.59 Å². The predicted molar refractivity (Wildman–Crippen MR) is 87.5 cm³/mol. The smallest absolute Gasteiger partial charge is 0.310 e. The Kier molecular flexibility index (Phi) is 9.13. The molecule has 1 amide bonds. The fraction of sp³-hybridized carbons (Fsp3) is 0.882. The quantitative estimate of drug-likeness (QED) is 0.524. The Labute approximate surface area is 134 Å². The van der Waals surface area contributed by atoms with Gasteiger partial charge in [0.2, 0.25) is 5.91 Å². The summed E-state index contributed by atoms with van der Waals surface area (Å²) >= 11 is 0. The lowest BCUT2D eigenvalue weighted by atomic mass is 9.98. The molecule has 1 N–H and O–H groups in total. The Morgan fingerprint density at radius 3 is 2.77 bits per heavy atom. The average molecular weight is 312 g/mol. The molecule has 1 aliphatic rings. The summed E-state index contributed by atoms with van der Waals surface area (Å²) in [4.78, 5) is 26.0. The summed E-state index contributed by atoms with van der Waals surface area (Å²) in [5.41, 5.74) is 0. The monoisotopic (exact) mass is 312 g/mol. The SMILES string of the molecule is CCCCCC(C)NC(=O)CN1CCCC(C(=O)OCC)C1. The van der Waals surface area contributed by atoms with Gasteiger partial charge in [-0.3, -0.25) is 14.5 Å². The number of carbonyl (C=O) groups excluding carboxylic acids is 2. The minimum Gasteiger partial charge on any atom is -0.466 e. The van der Waals surface area contributed by atoms with Crippen LogP contribution in [-0.4, -0.2) is 49.1 Å². The normalized spacial score (nSPS) is 20.4. The molecular formula is C17H32N2O3. The fourth-order valence-corrected chi connectivity index (χ4v) is 2.95. The number of carbonyl (C=O) groups is 2. The van der Waals surface area contributed by atoms with Crippen molar-refractivity contribution in [1.82, 2.24) is 10.2 Å². The maximum absolute atomic E-state index is 12.1. The van der Waals surface area contributed by atoms with Crippen LogP contribution in [0.1, 0.15) is 59.3 Å². The number of unbranched alkanes of at least 4 members (excludes halogenated alkanes) is 2. The number of hydrogen-bond donors (Lipinski definition) is 1. The van der Waals surface area contributed by atoms with Crippen molar-refractivity contribution in [2.45, 2.75) is 65.3 Å². The molecule has 0 aliphatic carbocycles. The summed E-state index contributed by atoms with van der Waals surface area (Å²) in [6.45, 7) is 8.39. The molecule has 0 aromatic carbocycles. The Balaban J connectivity index is 2.29. The van der Waals surface area contributed by atoms with E-state index in [-0.39, 0.29) is 23.8 Å². The molecule has 0 aromatic rings. The highest BCUT2D eigenvalue weighted by Gasteiger charge is 2.27. The first kappa shape index (κ1) is 18.9. The molecule has 5 nitrogen and oxygen atoms in total. The minimum atomic E-state index is -0.124. The summed E-state index contributed by atoms with van der Waals surface area (Å²) in [6, 6.07) is 0.227. The van der Waals surface area contributed by atoms with Gasteiger partial charge in [-0.1, -0.05) is 26.2 Å². The zero-order valence-electron chi connectivity index (χ0n) is 14.4. The molecule has 1 rings (SSSR count). The maximum atomic E-state index is 12.1. The van der Waals surface area contributed by atoms with E-state index in [1.54, 1.807) is 0 Å². The van der Waals surface area contributed by atoms with Crippen LogP contribution in [0.3, 0.4) is 0 Å². The van der Waals surface area contributed by atoms with Gasteiger partial charge in [0.05, 0.1) is 19.1 Å². The van der Waals surface area contributed by atoms with Crippen LogP contribution in [0.5, 0.6) is 0 Å². The zero-order chi connectivity index (χ0) is 16.4. The van der Waals surface area contributed by atoms with Crippen LogP contribution in [0.15, 0.2) is 0 Å². The van der Waals surface area contributed by atoms with Crippen molar-refractivity contribution < 1.29 is 14.3 Å². The van der Waals surface area contributed by atoms with Gasteiger partial charge in [-0.2, -0.15) is 0 Å². The Morgan fingerprint density at radius 1 is 1.32 bits per heavy atom. The molecule has 0 bridgehead atoms. The third-order valence-electron chi connectivity index (χ3n) is 4.14. The molecule has 1 saturated heterocycles. The van der Waals surface area contributed by atoms with Crippen LogP contribution in [-0.2, 0) is 14.3 Å². The number of nitrogens with one attached hydrogen (secondary N) is 1. The number of piperidine rings is 1. The summed E-state index contributed by atoms with van der Waals surface area (Å²) in [5.74, 6) is -0.141. The fourth-order valence-electron chi connectivity index (χ4n) is 2.95. The van der Waals surface area contributed by atoms with Gasteiger partial charge in [0, 0.05) is 12.6 Å². The van der Waals surface area contributed by atoms with E-state index in [0.717, 1.165) is 32.2 Å². The van der Waals surface area contributed by atoms with Gasteiger partial charge < -0.3 is 10.1 Å². The molecule has 22 heavy (non-hydrogen) atoms. The summed E-state index contributed by atoms with van der Waals surface area (Å²) in [6.07, 6.45) is 6.42. The minimum absolute atomic E-state index is 0.0634. The molecule has 0 aromatic heterocycles. The van der Waals surface area contributed by atoms with Gasteiger partial charge >= 0.3 is 5.97 Å². The van der Waals surface area contributed by atoms with E-state index in [1.807, 2.05) is 6.92 Å². The summed E-state index contributed by atoms with van der Waals surface area (Å²) < 4.78 is 5.09. The average Bonchev–Trinajstić information content (AvgIpc) is 2.47. The number of hydrogen-bond acceptors (Lipinski definition) is 4. The van der Waals surface area contributed by atoms with E-state index in [4.69, 9.17) is 4.74 Å². The van der Waals surface area contributed by atoms with Crippen LogP contribution in [0.2, 0.25) is 0 Å². The van der Waals surface area contributed by atoms with Crippen LogP contribution in [0.25, 0.3) is 0 Å². The van der Waals surface area contributed by atoms with Crippen molar-refractivity contribution in [2.75, 3.05) is 26.2 Å². The highest BCUT2D eigenvalue weighted by Crippen LogP contribution is 2.17. The van der Waals surface area contributed by atoms with Crippen LogP contribution in [0, 0.1) is 5.92 Å². The van der Waals surface area contributed by atoms with E-state index >= 15 is 0 Å². The molecule has 0 saturated carbocycles. The summed E-state index contributed by atoms with van der Waals surface area (Å²) in [7, 11) is 0. The van der Waals surface area contributed by atoms with Gasteiger partial charge in [-0.15, -0.1) is 0 Å². The third-order valence-corrected chi connectivity index (χ3v) is 4.14. The van der Waals surface area contributed by atoms with Crippen molar-refractivity contribution in [3.05, 3.63) is 0 Å². The standard InChI is InChI=1S/C17H32N2O3/c1-4-6-7-9-14(3)18-16(20)13-19-11-8-10-15(12-19)17(21)22-5-2/h14-15H,4-13H2,1-3H3,(H,18,20). The molecular weight excluding hydrogens is 280 g/mol. The highest BCUT2D eigenvalue weighted by atomic mass is 16.5. The Hall–Kier alpha value is -1.10. The molecule has 5 heteroatoms. The molecule has 128 valence electrons. The molecule has 2 unspecified atom stereocenters. The number of esters is 1. The summed E-state index contributed by atoms with van der Waals surface area (Å²) in [5, 5.41) is 3.06. The van der Waals surface area contributed by atoms with E-state index in [2.05, 4.69) is 24.1 Å². The van der Waals surface area contributed by atoms with Crippen molar-refractivity contribution in [1.29, 1.82) is 0 Å². The van der Waals surface area contributed by atoms with E-state index < -0.39 is 0 Å². The van der Waals surface area contributed by atoms with Crippen molar-refractivity contribution in [3.63, 3.8) is 0 Å². The van der Waals surface area contributed by atoms with Crippen molar-refractivity contribution >= 4 is 11.9 Å². The number of nitrogens with zero attached hydrogens (tertiary/aromatic N) is 1. The Morgan fingerprint density at radius 2 is 2.09 bits per heavy atom. The van der Waals surface area contributed by atoms with Gasteiger partial charge in [0.1, 0.15) is 0 Å². The lowest BCUT2D eigenvalue weighted by Crippen LogP contribution is -2.46. The lowest BCUT2D eigenvalue weighted by Gasteiger charge is -2.31. The first-order chi connectivity index (χ1) is 10.6. The molecule has 0 spiro atoms. The number of amides is 1. The van der Waals surface area contributed by atoms with Gasteiger partial charge in [-0.05, 0) is 39.7 Å². The first-order valence-electron chi connectivity index (χ1n) is 8.75. The van der Waals surface area contributed by atoms with Crippen molar-refractivity contribution in [3.8, 4) is 0 Å². The molecule has 1 heterocycles. The van der Waals surface area contributed by atoms with Crippen molar-refractivity contribution in [2.24, 2.45) is 5.92 Å². The van der Waals surface area contributed by atoms with E-state index in [0.29, 0.717) is 19.7 Å². The second-order valence-electron chi connectivity index (χ2n) is 6.29. The van der Waals surface area contributed by atoms with Crippen LogP contribution in [0.4, 0.5) is 0 Å². The van der Waals surface area contributed by atoms with Gasteiger partial charge in [0.15, 0.2) is 0 Å². The van der Waals surface area contributed by atoms with Gasteiger partial charge in [0.25, 0.3) is 0 Å². The maximum Gasteiger partial charge on any atom is 0.310 e. The van der Waals surface area contributed by atoms with Crippen LogP contribution >= 0.6 is 0 Å². The molecule has 1 aliphatic heterocycles. The molecule has 1 fully saturated rings. The molecule has 2 atom stereocenters. The number of rotatable bonds is 9. The van der Waals surface area contributed by atoms with Crippen LogP contribution < -0.4 is 5.32 Å². The lowest BCUT2D eigenvalue weighted by molar-refractivity contribution is -0.150. The molecule has 0 radical (unpaired) electrons. The second kappa shape index (κ2) is 10.6. The van der Waals surface area contributed by atoms with Gasteiger partial charge in [-0.25, -0.2) is 0 Å². The Bertz CT molecular complexity index is 347. The topological polar surface area (TPSA) is 58.6 Å². The zero-order valence-corrected chi connectivity index (χ0v) is 14.4. The highest BCUT2D eigenvalue weighted by molar-refractivity contribution is 5.78. The number of likely N-dealkylation sites (tertiary alicyclic amines) is 1. The predicted octanol–water partition coefficient (Wildman–Crippen LogP) is 2.35. The largest absolute Gasteiger partial charge is 0.466 e. The second-order valence-corrected chi connectivity index (χ2v) is 6.29.